The molecule has 4 nitrogen and oxygen atoms in total. The molecule has 0 bridgehead atoms. The Bertz CT molecular complexity index is 515. The van der Waals surface area contributed by atoms with Crippen molar-refractivity contribution >= 4 is 10.0 Å². The van der Waals surface area contributed by atoms with E-state index in [1.54, 1.807) is 0 Å². The number of hydrogen-bond acceptors (Lipinski definition) is 3. The van der Waals surface area contributed by atoms with Crippen LogP contribution in [0.3, 0.4) is 0 Å². The summed E-state index contributed by atoms with van der Waals surface area (Å²) in [4.78, 5) is 0. The minimum atomic E-state index is -3.28. The largest absolute Gasteiger partial charge is 0.326 e. The summed E-state index contributed by atoms with van der Waals surface area (Å²) in [6, 6.07) is 7.44. The van der Waals surface area contributed by atoms with Gasteiger partial charge in [0.05, 0.1) is 5.75 Å². The first-order valence-corrected chi connectivity index (χ1v) is 9.41. The second kappa shape index (κ2) is 9.18. The van der Waals surface area contributed by atoms with E-state index in [0.717, 1.165) is 36.8 Å². The molecule has 0 saturated heterocycles. The minimum absolute atomic E-state index is 0.0189. The molecule has 21 heavy (non-hydrogen) atoms. The van der Waals surface area contributed by atoms with Gasteiger partial charge < -0.3 is 5.73 Å². The Hall–Kier alpha value is -0.910. The van der Waals surface area contributed by atoms with Crippen LogP contribution in [-0.4, -0.2) is 15.0 Å². The molecule has 1 unspecified atom stereocenters. The van der Waals surface area contributed by atoms with Crippen LogP contribution in [0.25, 0.3) is 0 Å². The first-order valence-electron chi connectivity index (χ1n) is 7.76. The van der Waals surface area contributed by atoms with Crippen LogP contribution in [0.4, 0.5) is 0 Å². The van der Waals surface area contributed by atoms with E-state index in [4.69, 9.17) is 5.73 Å². The molecule has 0 radical (unpaired) electrons. The molecule has 0 saturated carbocycles. The third-order valence-corrected chi connectivity index (χ3v) is 5.04. The van der Waals surface area contributed by atoms with Crippen molar-refractivity contribution in [3.63, 3.8) is 0 Å². The highest BCUT2D eigenvalue weighted by Crippen LogP contribution is 2.13. The third kappa shape index (κ3) is 7.07. The van der Waals surface area contributed by atoms with Crippen molar-refractivity contribution in [2.24, 2.45) is 11.7 Å². The van der Waals surface area contributed by atoms with Gasteiger partial charge in [0.1, 0.15) is 0 Å². The zero-order valence-corrected chi connectivity index (χ0v) is 14.0. The molecule has 1 rings (SSSR count). The van der Waals surface area contributed by atoms with Crippen LogP contribution in [0.15, 0.2) is 24.3 Å². The Morgan fingerprint density at radius 3 is 2.57 bits per heavy atom. The van der Waals surface area contributed by atoms with Crippen LogP contribution in [0, 0.1) is 5.92 Å². The van der Waals surface area contributed by atoms with Gasteiger partial charge in [-0.3, -0.25) is 0 Å². The van der Waals surface area contributed by atoms with E-state index in [1.807, 2.05) is 24.3 Å². The maximum absolute atomic E-state index is 12.2. The van der Waals surface area contributed by atoms with Gasteiger partial charge in [-0.2, -0.15) is 0 Å². The molecule has 1 aromatic rings. The minimum Gasteiger partial charge on any atom is -0.326 e. The van der Waals surface area contributed by atoms with Crippen molar-refractivity contribution in [3.05, 3.63) is 35.4 Å². The Kier molecular flexibility index (Phi) is 7.93. The van der Waals surface area contributed by atoms with Crippen molar-refractivity contribution in [3.8, 4) is 0 Å². The highest BCUT2D eigenvalue weighted by atomic mass is 32.2. The number of nitrogens with one attached hydrogen (secondary N) is 1. The first kappa shape index (κ1) is 18.1. The molecule has 0 aromatic heterocycles. The average molecular weight is 312 g/mol. The van der Waals surface area contributed by atoms with Gasteiger partial charge in [-0.1, -0.05) is 57.4 Å². The van der Waals surface area contributed by atoms with Crippen molar-refractivity contribution in [1.29, 1.82) is 0 Å². The Morgan fingerprint density at radius 1 is 1.24 bits per heavy atom. The molecule has 0 aliphatic rings. The standard InChI is InChI=1S/C16H28N2O2S/c1-3-5-7-14(4-2)12-18-21(19,20)13-16-9-6-8-15(10-16)11-17/h6,8-10,14,18H,3-5,7,11-13,17H2,1-2H3. The smallest absolute Gasteiger partial charge is 0.215 e. The van der Waals surface area contributed by atoms with Gasteiger partial charge in [0, 0.05) is 13.1 Å². The number of nitrogens with two attached hydrogens (primary N) is 1. The number of rotatable bonds is 10. The normalized spacial score (nSPS) is 13.3. The molecule has 0 fully saturated rings. The van der Waals surface area contributed by atoms with E-state index >= 15 is 0 Å². The first-order chi connectivity index (χ1) is 10.0. The van der Waals surface area contributed by atoms with Crippen molar-refractivity contribution < 1.29 is 8.42 Å². The lowest BCUT2D eigenvalue weighted by Crippen LogP contribution is -2.30. The zero-order valence-electron chi connectivity index (χ0n) is 13.1. The molecule has 120 valence electrons. The van der Waals surface area contributed by atoms with E-state index in [0.29, 0.717) is 19.0 Å². The molecule has 3 N–H and O–H groups in total. The predicted molar refractivity (Wildman–Crippen MR) is 88.3 cm³/mol. The van der Waals surface area contributed by atoms with Crippen LogP contribution >= 0.6 is 0 Å². The second-order valence-corrected chi connectivity index (χ2v) is 7.35. The van der Waals surface area contributed by atoms with E-state index in [2.05, 4.69) is 18.6 Å². The molecule has 0 amide bonds. The van der Waals surface area contributed by atoms with Crippen LogP contribution in [0.1, 0.15) is 50.7 Å². The number of unbranched alkanes of at least 4 members (excludes halogenated alkanes) is 1. The summed E-state index contributed by atoms with van der Waals surface area (Å²) < 4.78 is 27.0. The lowest BCUT2D eigenvalue weighted by Gasteiger charge is -2.15. The van der Waals surface area contributed by atoms with Crippen molar-refractivity contribution in [1.82, 2.24) is 4.72 Å². The molecule has 0 spiro atoms. The maximum Gasteiger partial charge on any atom is 0.215 e. The quantitative estimate of drug-likeness (QED) is 0.698. The highest BCUT2D eigenvalue weighted by molar-refractivity contribution is 7.88. The van der Waals surface area contributed by atoms with E-state index < -0.39 is 10.0 Å². The van der Waals surface area contributed by atoms with Gasteiger partial charge in [-0.15, -0.1) is 0 Å². The van der Waals surface area contributed by atoms with Gasteiger partial charge in [0.2, 0.25) is 10.0 Å². The monoisotopic (exact) mass is 312 g/mol. The SMILES string of the molecule is CCCCC(CC)CNS(=O)(=O)Cc1cccc(CN)c1. The van der Waals surface area contributed by atoms with Crippen molar-refractivity contribution in [2.45, 2.75) is 51.8 Å². The van der Waals surface area contributed by atoms with Crippen molar-refractivity contribution in [2.75, 3.05) is 6.54 Å². The molecule has 0 aliphatic carbocycles. The van der Waals surface area contributed by atoms with E-state index in [-0.39, 0.29) is 5.75 Å². The summed E-state index contributed by atoms with van der Waals surface area (Å²) in [5.74, 6) is 0.445. The number of benzene rings is 1. The van der Waals surface area contributed by atoms with Gasteiger partial charge in [0.15, 0.2) is 0 Å². The second-order valence-electron chi connectivity index (χ2n) is 5.55. The fraction of sp³-hybridized carbons (Fsp3) is 0.625. The third-order valence-electron chi connectivity index (χ3n) is 3.72. The van der Waals surface area contributed by atoms with Gasteiger partial charge in [-0.05, 0) is 23.5 Å². The molecule has 1 aromatic carbocycles. The van der Waals surface area contributed by atoms with Crippen LogP contribution in [0.5, 0.6) is 0 Å². The summed E-state index contributed by atoms with van der Waals surface area (Å²) in [6.45, 7) is 5.23. The summed E-state index contributed by atoms with van der Waals surface area (Å²) in [7, 11) is -3.28. The molecular formula is C16H28N2O2S. The Balaban J connectivity index is 2.56. The summed E-state index contributed by atoms with van der Waals surface area (Å²) in [5.41, 5.74) is 7.32. The van der Waals surface area contributed by atoms with Gasteiger partial charge in [-0.25, -0.2) is 13.1 Å². The summed E-state index contributed by atoms with van der Waals surface area (Å²) >= 11 is 0. The van der Waals surface area contributed by atoms with Crippen LogP contribution in [0.2, 0.25) is 0 Å². The average Bonchev–Trinajstić information content (AvgIpc) is 2.47. The molecule has 0 heterocycles. The Labute approximate surface area is 129 Å². The molecule has 0 aliphatic heterocycles. The summed E-state index contributed by atoms with van der Waals surface area (Å²) in [5, 5.41) is 0. The Morgan fingerprint density at radius 2 is 1.95 bits per heavy atom. The fourth-order valence-electron chi connectivity index (χ4n) is 2.30. The molecular weight excluding hydrogens is 284 g/mol. The predicted octanol–water partition coefficient (Wildman–Crippen LogP) is 2.78. The van der Waals surface area contributed by atoms with Crippen LogP contribution < -0.4 is 10.5 Å². The van der Waals surface area contributed by atoms with Gasteiger partial charge >= 0.3 is 0 Å². The maximum atomic E-state index is 12.2. The van der Waals surface area contributed by atoms with Crippen LogP contribution in [-0.2, 0) is 22.3 Å². The highest BCUT2D eigenvalue weighted by Gasteiger charge is 2.14. The number of sulfonamides is 1. The molecule has 5 heteroatoms. The number of hydrogen-bond donors (Lipinski definition) is 2. The topological polar surface area (TPSA) is 72.2 Å². The van der Waals surface area contributed by atoms with E-state index in [9.17, 15) is 8.42 Å². The van der Waals surface area contributed by atoms with E-state index in [1.165, 1.54) is 0 Å². The zero-order chi connectivity index (χ0) is 15.7. The fourth-order valence-corrected chi connectivity index (χ4v) is 3.52. The molecule has 1 atom stereocenters. The summed E-state index contributed by atoms with van der Waals surface area (Å²) in [6.07, 6.45) is 4.39. The lowest BCUT2D eigenvalue weighted by atomic mass is 10.00. The van der Waals surface area contributed by atoms with Gasteiger partial charge in [0.25, 0.3) is 0 Å². The lowest BCUT2D eigenvalue weighted by molar-refractivity contribution is 0.443.